The molecule has 0 spiro atoms. The van der Waals surface area contributed by atoms with Gasteiger partial charge in [-0.2, -0.15) is 0 Å². The molecule has 0 saturated heterocycles. The van der Waals surface area contributed by atoms with E-state index in [2.05, 4.69) is 12.1 Å². The Hall–Kier alpha value is -2.85. The van der Waals surface area contributed by atoms with Gasteiger partial charge in [0.25, 0.3) is 0 Å². The number of halogens is 2. The minimum atomic E-state index is -0.706. The standard InChI is InChI=1S/C23H19ClFNO2/c1-28-19-10-8-16(23(26)27)21(22(19)25)20-17-12-15(13-5-3-2-4-6-13)11-14(17)7-9-18(20)24/h2-10,15H,11-12H2,1H3,(H2,26,27). The first-order valence-corrected chi connectivity index (χ1v) is 9.41. The van der Waals surface area contributed by atoms with Crippen LogP contribution >= 0.6 is 11.6 Å². The summed E-state index contributed by atoms with van der Waals surface area (Å²) in [5.41, 5.74) is 9.56. The average molecular weight is 396 g/mol. The molecule has 5 heteroatoms. The summed E-state index contributed by atoms with van der Waals surface area (Å²) in [7, 11) is 1.38. The van der Waals surface area contributed by atoms with Crippen LogP contribution in [0.4, 0.5) is 4.39 Å². The second kappa shape index (κ2) is 7.28. The number of ether oxygens (including phenoxy) is 1. The van der Waals surface area contributed by atoms with Crippen LogP contribution in [0.1, 0.15) is 33.0 Å². The molecular formula is C23H19ClFNO2. The number of carbonyl (C=O) groups is 1. The van der Waals surface area contributed by atoms with Crippen molar-refractivity contribution >= 4 is 17.5 Å². The minimum Gasteiger partial charge on any atom is -0.494 e. The Morgan fingerprint density at radius 2 is 1.82 bits per heavy atom. The predicted molar refractivity (Wildman–Crippen MR) is 109 cm³/mol. The maximum atomic E-state index is 15.3. The molecule has 1 amide bonds. The zero-order valence-corrected chi connectivity index (χ0v) is 16.1. The molecular weight excluding hydrogens is 377 g/mol. The average Bonchev–Trinajstić information content (AvgIpc) is 3.13. The van der Waals surface area contributed by atoms with Gasteiger partial charge in [-0.15, -0.1) is 0 Å². The van der Waals surface area contributed by atoms with Gasteiger partial charge in [0.05, 0.1) is 12.7 Å². The van der Waals surface area contributed by atoms with Crippen molar-refractivity contribution in [3.63, 3.8) is 0 Å². The van der Waals surface area contributed by atoms with E-state index in [1.807, 2.05) is 24.3 Å². The Morgan fingerprint density at radius 3 is 2.50 bits per heavy atom. The first-order valence-electron chi connectivity index (χ1n) is 9.03. The molecule has 4 rings (SSSR count). The Bertz CT molecular complexity index is 1070. The summed E-state index contributed by atoms with van der Waals surface area (Å²) in [6.07, 6.45) is 1.55. The van der Waals surface area contributed by atoms with Crippen molar-refractivity contribution in [2.45, 2.75) is 18.8 Å². The highest BCUT2D eigenvalue weighted by atomic mass is 35.5. The molecule has 0 aromatic heterocycles. The van der Waals surface area contributed by atoms with Crippen LogP contribution in [0.15, 0.2) is 54.6 Å². The van der Waals surface area contributed by atoms with Gasteiger partial charge in [0, 0.05) is 16.1 Å². The number of fused-ring (bicyclic) bond motifs is 1. The topological polar surface area (TPSA) is 52.3 Å². The fourth-order valence-corrected chi connectivity index (χ4v) is 4.34. The highest BCUT2D eigenvalue weighted by Gasteiger charge is 2.30. The lowest BCUT2D eigenvalue weighted by molar-refractivity contribution is 0.100. The van der Waals surface area contributed by atoms with Crippen molar-refractivity contribution in [2.75, 3.05) is 7.11 Å². The van der Waals surface area contributed by atoms with Crippen LogP contribution in [-0.4, -0.2) is 13.0 Å². The van der Waals surface area contributed by atoms with Crippen LogP contribution in [0.25, 0.3) is 11.1 Å². The highest BCUT2D eigenvalue weighted by molar-refractivity contribution is 6.34. The monoisotopic (exact) mass is 395 g/mol. The molecule has 0 fully saturated rings. The zero-order valence-electron chi connectivity index (χ0n) is 15.3. The summed E-state index contributed by atoms with van der Waals surface area (Å²) < 4.78 is 20.4. The maximum absolute atomic E-state index is 15.3. The minimum absolute atomic E-state index is 0.0475. The third kappa shape index (κ3) is 3.04. The number of hydrogen-bond donors (Lipinski definition) is 1. The van der Waals surface area contributed by atoms with E-state index in [0.717, 1.165) is 17.5 Å². The van der Waals surface area contributed by atoms with Crippen molar-refractivity contribution in [3.8, 4) is 16.9 Å². The fourth-order valence-electron chi connectivity index (χ4n) is 4.07. The molecule has 0 bridgehead atoms. The van der Waals surface area contributed by atoms with E-state index in [1.54, 1.807) is 6.07 Å². The lowest BCUT2D eigenvalue weighted by atomic mass is 9.91. The largest absolute Gasteiger partial charge is 0.494 e. The third-order valence-corrected chi connectivity index (χ3v) is 5.70. The van der Waals surface area contributed by atoms with Crippen LogP contribution in [-0.2, 0) is 12.8 Å². The zero-order chi connectivity index (χ0) is 19.8. The summed E-state index contributed by atoms with van der Waals surface area (Å²) in [5.74, 6) is -1.01. The highest BCUT2D eigenvalue weighted by Crippen LogP contribution is 2.45. The summed E-state index contributed by atoms with van der Waals surface area (Å²) >= 11 is 6.52. The summed E-state index contributed by atoms with van der Waals surface area (Å²) in [6.45, 7) is 0. The van der Waals surface area contributed by atoms with Crippen LogP contribution < -0.4 is 10.5 Å². The smallest absolute Gasteiger partial charge is 0.249 e. The predicted octanol–water partition coefficient (Wildman–Crippen LogP) is 5.14. The Balaban J connectivity index is 1.91. The number of carbonyl (C=O) groups excluding carboxylic acids is 1. The number of benzene rings is 3. The number of methoxy groups -OCH3 is 1. The molecule has 0 saturated carbocycles. The second-order valence-corrected chi connectivity index (χ2v) is 7.35. The number of amides is 1. The van der Waals surface area contributed by atoms with E-state index >= 15 is 4.39 Å². The molecule has 2 N–H and O–H groups in total. The van der Waals surface area contributed by atoms with Gasteiger partial charge in [0.1, 0.15) is 0 Å². The molecule has 3 aromatic carbocycles. The van der Waals surface area contributed by atoms with Gasteiger partial charge in [0.15, 0.2) is 11.6 Å². The van der Waals surface area contributed by atoms with E-state index in [-0.39, 0.29) is 22.8 Å². The third-order valence-electron chi connectivity index (χ3n) is 5.39. The van der Waals surface area contributed by atoms with Gasteiger partial charge in [-0.05, 0) is 53.6 Å². The Kier molecular flexibility index (Phi) is 4.82. The molecule has 142 valence electrons. The van der Waals surface area contributed by atoms with E-state index in [4.69, 9.17) is 22.1 Å². The van der Waals surface area contributed by atoms with Crippen molar-refractivity contribution < 1.29 is 13.9 Å². The summed E-state index contributed by atoms with van der Waals surface area (Å²) in [4.78, 5) is 12.0. The fraction of sp³-hybridized carbons (Fsp3) is 0.174. The molecule has 1 aliphatic carbocycles. The van der Waals surface area contributed by atoms with Gasteiger partial charge in [-0.3, -0.25) is 4.79 Å². The van der Waals surface area contributed by atoms with E-state index in [1.165, 1.54) is 24.8 Å². The molecule has 28 heavy (non-hydrogen) atoms. The quantitative estimate of drug-likeness (QED) is 0.665. The van der Waals surface area contributed by atoms with Gasteiger partial charge in [-0.25, -0.2) is 4.39 Å². The first kappa shape index (κ1) is 18.5. The molecule has 0 heterocycles. The normalized spacial score (nSPS) is 15.3. The molecule has 0 radical (unpaired) electrons. The SMILES string of the molecule is COc1ccc(C(N)=O)c(-c2c(Cl)ccc3c2CC(c2ccccc2)C3)c1F. The van der Waals surface area contributed by atoms with Crippen LogP contribution in [0.3, 0.4) is 0 Å². The first-order chi connectivity index (χ1) is 13.5. The van der Waals surface area contributed by atoms with E-state index in [0.29, 0.717) is 17.0 Å². The van der Waals surface area contributed by atoms with Crippen LogP contribution in [0.5, 0.6) is 5.75 Å². The van der Waals surface area contributed by atoms with Crippen LogP contribution in [0, 0.1) is 5.82 Å². The number of hydrogen-bond acceptors (Lipinski definition) is 2. The van der Waals surface area contributed by atoms with E-state index in [9.17, 15) is 4.79 Å². The second-order valence-electron chi connectivity index (χ2n) is 6.94. The Morgan fingerprint density at radius 1 is 1.07 bits per heavy atom. The number of primary amides is 1. The van der Waals surface area contributed by atoms with Gasteiger partial charge in [-0.1, -0.05) is 48.0 Å². The molecule has 0 aliphatic heterocycles. The van der Waals surface area contributed by atoms with Gasteiger partial charge >= 0.3 is 0 Å². The molecule has 1 aliphatic rings. The lowest BCUT2D eigenvalue weighted by Crippen LogP contribution is -2.14. The summed E-state index contributed by atoms with van der Waals surface area (Å²) in [6, 6.07) is 16.8. The van der Waals surface area contributed by atoms with Gasteiger partial charge in [0.2, 0.25) is 5.91 Å². The number of nitrogens with two attached hydrogens (primary N) is 1. The van der Waals surface area contributed by atoms with Crippen molar-refractivity contribution in [2.24, 2.45) is 5.73 Å². The Labute approximate surface area is 167 Å². The molecule has 3 aromatic rings. The van der Waals surface area contributed by atoms with Crippen molar-refractivity contribution in [1.82, 2.24) is 0 Å². The van der Waals surface area contributed by atoms with Gasteiger partial charge < -0.3 is 10.5 Å². The maximum Gasteiger partial charge on any atom is 0.249 e. The molecule has 3 nitrogen and oxygen atoms in total. The molecule has 1 atom stereocenters. The lowest BCUT2D eigenvalue weighted by Gasteiger charge is -2.17. The van der Waals surface area contributed by atoms with Crippen molar-refractivity contribution in [1.29, 1.82) is 0 Å². The van der Waals surface area contributed by atoms with Crippen molar-refractivity contribution in [3.05, 3.63) is 87.7 Å². The van der Waals surface area contributed by atoms with Crippen LogP contribution in [0.2, 0.25) is 5.02 Å². The van der Waals surface area contributed by atoms with E-state index < -0.39 is 11.7 Å². The number of rotatable bonds is 4. The summed E-state index contributed by atoms with van der Waals surface area (Å²) in [5, 5.41) is 0.391. The molecule has 1 unspecified atom stereocenters.